The maximum Gasteiger partial charge on any atom is 0.0332 e. The summed E-state index contributed by atoms with van der Waals surface area (Å²) >= 11 is 0. The van der Waals surface area contributed by atoms with E-state index in [-0.39, 0.29) is 0 Å². The lowest BCUT2D eigenvalue weighted by atomic mass is 9.65. The van der Waals surface area contributed by atoms with Crippen LogP contribution in [0.5, 0.6) is 0 Å². The molecule has 0 bridgehead atoms. The second-order valence-corrected chi connectivity index (χ2v) is 8.35. The highest BCUT2D eigenvalue weighted by Gasteiger charge is 2.46. The van der Waals surface area contributed by atoms with Crippen LogP contribution in [0.2, 0.25) is 0 Å². The van der Waals surface area contributed by atoms with Gasteiger partial charge in [-0.25, -0.2) is 0 Å². The molecule has 0 atom stereocenters. The molecule has 2 N–H and O–H groups in total. The monoisotopic (exact) mass is 292 g/mol. The summed E-state index contributed by atoms with van der Waals surface area (Å²) in [6.45, 7) is 5.85. The van der Waals surface area contributed by atoms with Crippen LogP contribution < -0.4 is 5.73 Å². The molecule has 0 amide bonds. The van der Waals surface area contributed by atoms with E-state index in [0.29, 0.717) is 5.54 Å². The lowest BCUT2D eigenvalue weighted by molar-refractivity contribution is -0.00692. The fraction of sp³-hybridized carbons (Fsp3) is 1.00. The predicted molar refractivity (Wildman–Crippen MR) is 90.4 cm³/mol. The molecule has 0 unspecified atom stereocenters. The second kappa shape index (κ2) is 6.58. The third-order valence-electron chi connectivity index (χ3n) is 7.27. The summed E-state index contributed by atoms with van der Waals surface area (Å²) in [5.41, 5.74) is 7.41. The van der Waals surface area contributed by atoms with Crippen LogP contribution >= 0.6 is 0 Å². The quantitative estimate of drug-likeness (QED) is 0.835. The van der Waals surface area contributed by atoms with Crippen molar-refractivity contribution >= 4 is 0 Å². The minimum atomic E-state index is 0.366. The van der Waals surface area contributed by atoms with Gasteiger partial charge in [-0.2, -0.15) is 0 Å². The number of likely N-dealkylation sites (tertiary alicyclic amines) is 1. The van der Waals surface area contributed by atoms with Crippen molar-refractivity contribution in [3.05, 3.63) is 0 Å². The van der Waals surface area contributed by atoms with Gasteiger partial charge in [-0.3, -0.25) is 4.90 Å². The highest BCUT2D eigenvalue weighted by molar-refractivity contribution is 5.02. The van der Waals surface area contributed by atoms with Crippen LogP contribution in [0.1, 0.15) is 84.0 Å². The lowest BCUT2D eigenvalue weighted by Crippen LogP contribution is -2.58. The van der Waals surface area contributed by atoms with Gasteiger partial charge in [0.2, 0.25) is 0 Å². The van der Waals surface area contributed by atoms with E-state index in [9.17, 15) is 0 Å². The topological polar surface area (TPSA) is 29.3 Å². The van der Waals surface area contributed by atoms with Crippen molar-refractivity contribution in [1.82, 2.24) is 4.90 Å². The molecule has 2 nitrogen and oxygen atoms in total. The largest absolute Gasteiger partial charge is 0.329 e. The molecule has 122 valence electrons. The summed E-state index contributed by atoms with van der Waals surface area (Å²) in [5.74, 6) is 0.992. The molecule has 0 aromatic carbocycles. The Kier molecular flexibility index (Phi) is 4.95. The van der Waals surface area contributed by atoms with Gasteiger partial charge in [0.15, 0.2) is 0 Å². The maximum absolute atomic E-state index is 6.31. The summed E-state index contributed by atoms with van der Waals surface area (Å²) in [6, 6.07) is 0. The van der Waals surface area contributed by atoms with Gasteiger partial charge in [0, 0.05) is 12.1 Å². The smallest absolute Gasteiger partial charge is 0.0332 e. The Hall–Kier alpha value is -0.0800. The molecule has 21 heavy (non-hydrogen) atoms. The van der Waals surface area contributed by atoms with Crippen LogP contribution in [0.15, 0.2) is 0 Å². The van der Waals surface area contributed by atoms with Crippen molar-refractivity contribution in [2.45, 2.75) is 89.5 Å². The zero-order valence-electron chi connectivity index (χ0n) is 14.2. The summed E-state index contributed by atoms with van der Waals surface area (Å²) in [5, 5.41) is 0. The molecule has 1 spiro atoms. The zero-order chi connectivity index (χ0) is 14.8. The van der Waals surface area contributed by atoms with Gasteiger partial charge in [-0.15, -0.1) is 0 Å². The van der Waals surface area contributed by atoms with Crippen LogP contribution in [0, 0.1) is 11.3 Å². The van der Waals surface area contributed by atoms with Gasteiger partial charge in [0.25, 0.3) is 0 Å². The van der Waals surface area contributed by atoms with E-state index >= 15 is 0 Å². The van der Waals surface area contributed by atoms with Gasteiger partial charge in [0.05, 0.1) is 0 Å². The molecular formula is C19H36N2. The van der Waals surface area contributed by atoms with E-state index in [1.165, 1.54) is 90.1 Å². The Morgan fingerprint density at radius 2 is 1.57 bits per heavy atom. The van der Waals surface area contributed by atoms with Crippen LogP contribution in [0.4, 0.5) is 0 Å². The van der Waals surface area contributed by atoms with Crippen molar-refractivity contribution in [3.8, 4) is 0 Å². The molecule has 3 rings (SSSR count). The fourth-order valence-electron chi connectivity index (χ4n) is 5.62. The van der Waals surface area contributed by atoms with Crippen molar-refractivity contribution in [2.75, 3.05) is 19.6 Å². The van der Waals surface area contributed by atoms with Crippen LogP contribution in [-0.4, -0.2) is 30.1 Å². The fourth-order valence-corrected chi connectivity index (χ4v) is 5.62. The second-order valence-electron chi connectivity index (χ2n) is 8.35. The number of hydrogen-bond acceptors (Lipinski definition) is 2. The molecule has 3 aliphatic rings. The normalized spacial score (nSPS) is 30.0. The molecule has 3 fully saturated rings. The highest BCUT2D eigenvalue weighted by Crippen LogP contribution is 2.52. The Labute approximate surface area is 131 Å². The van der Waals surface area contributed by atoms with E-state index in [0.717, 1.165) is 17.9 Å². The van der Waals surface area contributed by atoms with E-state index in [1.807, 2.05) is 0 Å². The average molecular weight is 293 g/mol. The summed E-state index contributed by atoms with van der Waals surface area (Å²) in [7, 11) is 0. The molecular weight excluding hydrogens is 256 g/mol. The van der Waals surface area contributed by atoms with Crippen molar-refractivity contribution in [1.29, 1.82) is 0 Å². The van der Waals surface area contributed by atoms with Gasteiger partial charge < -0.3 is 5.73 Å². The first-order chi connectivity index (χ1) is 10.2. The standard InChI is InChI=1S/C19H36N2/c1-2-5-17-6-14-21(15-7-17)19(16-20)12-10-18(11-13-19)8-3-4-9-18/h17H,2-16,20H2,1H3. The van der Waals surface area contributed by atoms with E-state index < -0.39 is 0 Å². The molecule has 2 saturated carbocycles. The van der Waals surface area contributed by atoms with Crippen LogP contribution in [0.3, 0.4) is 0 Å². The average Bonchev–Trinajstić information content (AvgIpc) is 2.98. The van der Waals surface area contributed by atoms with Crippen molar-refractivity contribution in [2.24, 2.45) is 17.1 Å². The Morgan fingerprint density at radius 3 is 2.10 bits per heavy atom. The first kappa shape index (κ1) is 15.8. The summed E-state index contributed by atoms with van der Waals surface area (Å²) in [6.07, 6.45) is 17.3. The predicted octanol–water partition coefficient (Wildman–Crippen LogP) is 4.33. The molecule has 1 saturated heterocycles. The van der Waals surface area contributed by atoms with Crippen molar-refractivity contribution < 1.29 is 0 Å². The third-order valence-corrected chi connectivity index (χ3v) is 7.27. The number of nitrogens with two attached hydrogens (primary N) is 1. The molecule has 1 aliphatic heterocycles. The molecule has 1 heterocycles. The molecule has 0 radical (unpaired) electrons. The van der Waals surface area contributed by atoms with Gasteiger partial charge in [-0.1, -0.05) is 32.6 Å². The molecule has 0 aromatic heterocycles. The Bertz CT molecular complexity index is 314. The summed E-state index contributed by atoms with van der Waals surface area (Å²) in [4.78, 5) is 2.81. The number of nitrogens with zero attached hydrogens (tertiary/aromatic N) is 1. The van der Waals surface area contributed by atoms with Gasteiger partial charge in [0.1, 0.15) is 0 Å². The minimum absolute atomic E-state index is 0.366. The number of rotatable bonds is 4. The lowest BCUT2D eigenvalue weighted by Gasteiger charge is -2.52. The Balaban J connectivity index is 1.58. The summed E-state index contributed by atoms with van der Waals surface area (Å²) < 4.78 is 0. The first-order valence-electron chi connectivity index (χ1n) is 9.67. The maximum atomic E-state index is 6.31. The molecule has 0 aromatic rings. The third kappa shape index (κ3) is 3.17. The number of hydrogen-bond donors (Lipinski definition) is 1. The highest BCUT2D eigenvalue weighted by atomic mass is 15.2. The van der Waals surface area contributed by atoms with Crippen LogP contribution in [0.25, 0.3) is 0 Å². The van der Waals surface area contributed by atoms with E-state index in [1.54, 1.807) is 0 Å². The number of piperidine rings is 1. The Morgan fingerprint density at radius 1 is 0.952 bits per heavy atom. The molecule has 2 aliphatic carbocycles. The van der Waals surface area contributed by atoms with Gasteiger partial charge >= 0.3 is 0 Å². The minimum Gasteiger partial charge on any atom is -0.329 e. The van der Waals surface area contributed by atoms with E-state index in [4.69, 9.17) is 5.73 Å². The SMILES string of the molecule is CCCC1CCN(C2(CN)CCC3(CCCC3)CC2)CC1. The molecule has 2 heteroatoms. The van der Waals surface area contributed by atoms with E-state index in [2.05, 4.69) is 11.8 Å². The van der Waals surface area contributed by atoms with Crippen molar-refractivity contribution in [3.63, 3.8) is 0 Å². The zero-order valence-corrected chi connectivity index (χ0v) is 14.2. The van der Waals surface area contributed by atoms with Crippen LogP contribution in [-0.2, 0) is 0 Å². The van der Waals surface area contributed by atoms with Gasteiger partial charge in [-0.05, 0) is 75.8 Å². The first-order valence-corrected chi connectivity index (χ1v) is 9.67.